The Morgan fingerprint density at radius 2 is 1.89 bits per heavy atom. The molecule has 2 atom stereocenters. The standard InChI is InChI=1S/C10H13N2O6P/c13-9(14)2-1-8(10(15)16)12(19(17)18)7-3-5-11-6-4-7/h3-6,8,19H,1-2H2,(H,13,14)(H,15,16)(H,17,18). The maximum atomic E-state index is 11.4. The van der Waals surface area contributed by atoms with E-state index in [1.165, 1.54) is 24.5 Å². The van der Waals surface area contributed by atoms with Gasteiger partial charge in [-0.15, -0.1) is 0 Å². The number of nitrogens with zero attached hydrogens (tertiary/aromatic N) is 2. The van der Waals surface area contributed by atoms with Crippen LogP contribution in [0.1, 0.15) is 12.8 Å². The zero-order valence-corrected chi connectivity index (χ0v) is 10.8. The van der Waals surface area contributed by atoms with Crippen molar-refractivity contribution in [3.8, 4) is 0 Å². The summed E-state index contributed by atoms with van der Waals surface area (Å²) in [7, 11) is -3.33. The maximum Gasteiger partial charge on any atom is 0.326 e. The fourth-order valence-electron chi connectivity index (χ4n) is 1.55. The lowest BCUT2D eigenvalue weighted by Gasteiger charge is -2.27. The zero-order valence-electron chi connectivity index (χ0n) is 9.76. The molecule has 1 heterocycles. The fraction of sp³-hybridized carbons (Fsp3) is 0.300. The molecule has 104 valence electrons. The van der Waals surface area contributed by atoms with Crippen molar-refractivity contribution in [2.45, 2.75) is 18.9 Å². The molecule has 9 heteroatoms. The van der Waals surface area contributed by atoms with Gasteiger partial charge >= 0.3 is 11.9 Å². The normalized spacial score (nSPS) is 13.5. The highest BCUT2D eigenvalue weighted by atomic mass is 31.1. The molecule has 0 aromatic carbocycles. The Bertz CT molecular complexity index is 480. The van der Waals surface area contributed by atoms with E-state index < -0.39 is 32.6 Å². The van der Waals surface area contributed by atoms with Gasteiger partial charge in [-0.1, -0.05) is 0 Å². The van der Waals surface area contributed by atoms with Crippen LogP contribution < -0.4 is 4.67 Å². The quantitative estimate of drug-likeness (QED) is 0.622. The van der Waals surface area contributed by atoms with Gasteiger partial charge in [0.1, 0.15) is 6.04 Å². The number of carboxylic acids is 2. The van der Waals surface area contributed by atoms with E-state index in [1.807, 2.05) is 0 Å². The molecule has 8 nitrogen and oxygen atoms in total. The largest absolute Gasteiger partial charge is 0.481 e. The van der Waals surface area contributed by atoms with Crippen molar-refractivity contribution >= 4 is 25.8 Å². The van der Waals surface area contributed by atoms with Crippen LogP contribution in [-0.4, -0.2) is 38.1 Å². The van der Waals surface area contributed by atoms with Crippen LogP contribution in [0.3, 0.4) is 0 Å². The minimum Gasteiger partial charge on any atom is -0.481 e. The van der Waals surface area contributed by atoms with Crippen LogP contribution in [0.15, 0.2) is 24.5 Å². The van der Waals surface area contributed by atoms with Gasteiger partial charge < -0.3 is 15.1 Å². The minimum absolute atomic E-state index is 0.208. The summed E-state index contributed by atoms with van der Waals surface area (Å²) in [5.74, 6) is -2.52. The molecule has 3 N–H and O–H groups in total. The number of anilines is 1. The first kappa shape index (κ1) is 15.1. The van der Waals surface area contributed by atoms with Crippen LogP contribution >= 0.6 is 8.18 Å². The summed E-state index contributed by atoms with van der Waals surface area (Å²) in [4.78, 5) is 34.7. The van der Waals surface area contributed by atoms with E-state index in [9.17, 15) is 19.0 Å². The van der Waals surface area contributed by atoms with Crippen LogP contribution in [0.25, 0.3) is 0 Å². The fourth-order valence-corrected chi connectivity index (χ4v) is 2.43. The van der Waals surface area contributed by atoms with Crippen LogP contribution in [0.4, 0.5) is 5.69 Å². The van der Waals surface area contributed by atoms with Crippen molar-refractivity contribution in [2.75, 3.05) is 4.67 Å². The van der Waals surface area contributed by atoms with Gasteiger partial charge in [0.2, 0.25) is 0 Å². The topological polar surface area (TPSA) is 128 Å². The summed E-state index contributed by atoms with van der Waals surface area (Å²) in [5.41, 5.74) is 0.208. The highest BCUT2D eigenvalue weighted by molar-refractivity contribution is 7.40. The van der Waals surface area contributed by atoms with Gasteiger partial charge in [0, 0.05) is 24.5 Å². The Morgan fingerprint density at radius 3 is 2.32 bits per heavy atom. The minimum atomic E-state index is -3.33. The third-order valence-corrected chi connectivity index (χ3v) is 3.36. The Balaban J connectivity index is 3.03. The average Bonchev–Trinajstić information content (AvgIpc) is 2.34. The summed E-state index contributed by atoms with van der Waals surface area (Å²) < 4.78 is 12.2. The van der Waals surface area contributed by atoms with E-state index in [-0.39, 0.29) is 12.1 Å². The Morgan fingerprint density at radius 1 is 1.32 bits per heavy atom. The zero-order chi connectivity index (χ0) is 14.4. The summed E-state index contributed by atoms with van der Waals surface area (Å²) in [6.07, 6.45) is 2.02. The molecule has 19 heavy (non-hydrogen) atoms. The Kier molecular flexibility index (Phi) is 5.47. The van der Waals surface area contributed by atoms with Gasteiger partial charge in [0.05, 0.1) is 0 Å². The second-order valence-corrected chi connectivity index (χ2v) is 4.69. The van der Waals surface area contributed by atoms with Crippen molar-refractivity contribution in [3.05, 3.63) is 24.5 Å². The number of hydrogen-bond acceptors (Lipinski definition) is 4. The van der Waals surface area contributed by atoms with Crippen LogP contribution in [-0.2, 0) is 14.2 Å². The average molecular weight is 288 g/mol. The van der Waals surface area contributed by atoms with E-state index in [4.69, 9.17) is 10.2 Å². The molecular weight excluding hydrogens is 275 g/mol. The van der Waals surface area contributed by atoms with E-state index in [1.54, 1.807) is 0 Å². The molecule has 0 saturated carbocycles. The van der Waals surface area contributed by atoms with Crippen molar-refractivity contribution < 1.29 is 29.3 Å². The van der Waals surface area contributed by atoms with Gasteiger partial charge in [0.25, 0.3) is 8.18 Å². The van der Waals surface area contributed by atoms with Gasteiger partial charge in [0.15, 0.2) is 0 Å². The second-order valence-electron chi connectivity index (χ2n) is 3.64. The molecular formula is C10H13N2O6P. The molecule has 0 bridgehead atoms. The van der Waals surface area contributed by atoms with E-state index in [0.717, 1.165) is 4.67 Å². The molecule has 0 radical (unpaired) electrons. The lowest BCUT2D eigenvalue weighted by atomic mass is 10.1. The first-order chi connectivity index (χ1) is 8.93. The van der Waals surface area contributed by atoms with Crippen LogP contribution in [0.2, 0.25) is 0 Å². The predicted octanol–water partition coefficient (Wildman–Crippen LogP) is 0.588. The van der Waals surface area contributed by atoms with E-state index in [0.29, 0.717) is 0 Å². The van der Waals surface area contributed by atoms with E-state index >= 15 is 0 Å². The first-order valence-electron chi connectivity index (χ1n) is 5.30. The number of aliphatic carboxylic acids is 2. The van der Waals surface area contributed by atoms with E-state index in [2.05, 4.69) is 4.98 Å². The summed E-state index contributed by atoms with van der Waals surface area (Å²) >= 11 is 0. The van der Waals surface area contributed by atoms with Gasteiger partial charge in [-0.05, 0) is 18.6 Å². The van der Waals surface area contributed by atoms with Crippen LogP contribution in [0.5, 0.6) is 0 Å². The van der Waals surface area contributed by atoms with Gasteiger partial charge in [-0.25, -0.2) is 4.79 Å². The van der Waals surface area contributed by atoms with Gasteiger partial charge in [-0.3, -0.25) is 19.0 Å². The Labute approximate surface area is 109 Å². The molecule has 0 saturated heterocycles. The third-order valence-electron chi connectivity index (χ3n) is 2.38. The lowest BCUT2D eigenvalue weighted by Crippen LogP contribution is -2.37. The molecule has 1 aromatic rings. The molecule has 0 spiro atoms. The van der Waals surface area contributed by atoms with Gasteiger partial charge in [-0.2, -0.15) is 0 Å². The molecule has 1 rings (SSSR count). The van der Waals surface area contributed by atoms with Crippen molar-refractivity contribution in [1.29, 1.82) is 0 Å². The third kappa shape index (κ3) is 4.35. The molecule has 0 aliphatic carbocycles. The highest BCUT2D eigenvalue weighted by Gasteiger charge is 2.29. The molecule has 1 aromatic heterocycles. The molecule has 0 fully saturated rings. The number of carbonyl (C=O) groups is 2. The number of rotatable bonds is 7. The van der Waals surface area contributed by atoms with Crippen molar-refractivity contribution in [3.63, 3.8) is 0 Å². The number of pyridine rings is 1. The highest BCUT2D eigenvalue weighted by Crippen LogP contribution is 2.33. The van der Waals surface area contributed by atoms with Crippen molar-refractivity contribution in [2.24, 2.45) is 0 Å². The molecule has 0 aliphatic rings. The molecule has 0 amide bonds. The summed E-state index contributed by atoms with van der Waals surface area (Å²) in [6, 6.07) is 1.39. The maximum absolute atomic E-state index is 11.4. The van der Waals surface area contributed by atoms with Crippen LogP contribution in [0, 0.1) is 0 Å². The Hall–Kier alpha value is -1.92. The number of carboxylic acid groups (broad SMARTS) is 2. The molecule has 0 aliphatic heterocycles. The molecule has 2 unspecified atom stereocenters. The monoisotopic (exact) mass is 288 g/mol. The first-order valence-corrected chi connectivity index (χ1v) is 6.60. The smallest absolute Gasteiger partial charge is 0.326 e. The summed E-state index contributed by atoms with van der Waals surface area (Å²) in [6.45, 7) is 0. The SMILES string of the molecule is O=C(O)CCC(C(=O)O)N(c1ccncc1)[PH](=O)O. The second kappa shape index (κ2) is 6.86. The lowest BCUT2D eigenvalue weighted by molar-refractivity contribution is -0.139. The number of aromatic nitrogens is 1. The number of hydrogen-bond donors (Lipinski definition) is 3. The summed E-state index contributed by atoms with van der Waals surface area (Å²) in [5, 5.41) is 17.7. The predicted molar refractivity (Wildman–Crippen MR) is 66.2 cm³/mol. The van der Waals surface area contributed by atoms with Crippen molar-refractivity contribution in [1.82, 2.24) is 4.98 Å².